The van der Waals surface area contributed by atoms with Crippen molar-refractivity contribution in [2.45, 2.75) is 31.8 Å². The smallest absolute Gasteiger partial charge is 0.282 e. The first kappa shape index (κ1) is 11.3. The molecule has 0 aliphatic carbocycles. The maximum Gasteiger partial charge on any atom is 0.282 e. The summed E-state index contributed by atoms with van der Waals surface area (Å²) in [5.41, 5.74) is 0. The summed E-state index contributed by atoms with van der Waals surface area (Å²) in [6.07, 6.45) is 3.68. The van der Waals surface area contributed by atoms with Gasteiger partial charge < -0.3 is 5.11 Å². The molecule has 0 aromatic heterocycles. The molecule has 6 heteroatoms. The zero-order chi connectivity index (χ0) is 10.9. The van der Waals surface area contributed by atoms with Crippen LogP contribution in [-0.4, -0.2) is 54.4 Å². The van der Waals surface area contributed by atoms with Crippen LogP contribution in [0, 0.1) is 0 Å². The first-order chi connectivity index (χ1) is 7.10. The molecule has 0 saturated carbocycles. The van der Waals surface area contributed by atoms with E-state index in [0.29, 0.717) is 13.1 Å². The van der Waals surface area contributed by atoms with Gasteiger partial charge in [0, 0.05) is 26.2 Å². The fourth-order valence-electron chi connectivity index (χ4n) is 2.04. The van der Waals surface area contributed by atoms with Gasteiger partial charge >= 0.3 is 0 Å². The van der Waals surface area contributed by atoms with Gasteiger partial charge in [0.25, 0.3) is 10.2 Å². The van der Waals surface area contributed by atoms with E-state index in [2.05, 4.69) is 0 Å². The fraction of sp³-hybridized carbons (Fsp3) is 1.00. The Bertz CT molecular complexity index is 303. The number of hydrogen-bond acceptors (Lipinski definition) is 3. The number of aliphatic hydroxyl groups excluding tert-OH is 1. The van der Waals surface area contributed by atoms with Crippen LogP contribution in [0.25, 0.3) is 0 Å². The van der Waals surface area contributed by atoms with Crippen molar-refractivity contribution in [1.29, 1.82) is 0 Å². The number of nitrogens with zero attached hydrogens (tertiary/aromatic N) is 2. The molecule has 0 spiro atoms. The minimum absolute atomic E-state index is 0.263. The second-order valence-electron chi connectivity index (χ2n) is 4.29. The molecule has 0 aromatic carbocycles. The number of aliphatic hydroxyl groups is 1. The zero-order valence-electron chi connectivity index (χ0n) is 8.80. The largest absolute Gasteiger partial charge is 0.390 e. The standard InChI is InChI=1S/C9H18N2O3S/c12-9-7-11(8-9)15(13,14)10-5-3-1-2-4-6-10/h9,12H,1-8H2. The SMILES string of the molecule is O=S(=O)(N1CCCCCC1)N1CC(O)C1. The summed E-state index contributed by atoms with van der Waals surface area (Å²) in [7, 11) is -3.27. The highest BCUT2D eigenvalue weighted by molar-refractivity contribution is 7.86. The van der Waals surface area contributed by atoms with Gasteiger partial charge in [-0.05, 0) is 12.8 Å². The topological polar surface area (TPSA) is 60.9 Å². The molecular formula is C9H18N2O3S. The molecule has 0 aromatic rings. The maximum atomic E-state index is 12.0. The van der Waals surface area contributed by atoms with Gasteiger partial charge in [0.2, 0.25) is 0 Å². The van der Waals surface area contributed by atoms with Gasteiger partial charge in [-0.25, -0.2) is 0 Å². The summed E-state index contributed by atoms with van der Waals surface area (Å²) in [6, 6.07) is 0. The third-order valence-electron chi connectivity index (χ3n) is 3.05. The van der Waals surface area contributed by atoms with Crippen LogP contribution < -0.4 is 0 Å². The van der Waals surface area contributed by atoms with E-state index >= 15 is 0 Å². The van der Waals surface area contributed by atoms with Crippen molar-refractivity contribution in [1.82, 2.24) is 8.61 Å². The quantitative estimate of drug-likeness (QED) is 0.719. The lowest BCUT2D eigenvalue weighted by atomic mass is 10.2. The molecule has 2 aliphatic rings. The Labute approximate surface area is 90.9 Å². The summed E-state index contributed by atoms with van der Waals surface area (Å²) in [4.78, 5) is 0. The molecule has 0 radical (unpaired) electrons. The van der Waals surface area contributed by atoms with E-state index in [1.165, 1.54) is 4.31 Å². The van der Waals surface area contributed by atoms with Crippen LogP contribution in [0.1, 0.15) is 25.7 Å². The van der Waals surface area contributed by atoms with E-state index in [9.17, 15) is 8.42 Å². The number of β-amino-alcohol motifs (C(OH)–C–C–N with tert-alkyl or cyclic N) is 1. The molecule has 0 amide bonds. The highest BCUT2D eigenvalue weighted by Crippen LogP contribution is 2.20. The molecule has 0 unspecified atom stereocenters. The molecule has 5 nitrogen and oxygen atoms in total. The van der Waals surface area contributed by atoms with Crippen LogP contribution in [-0.2, 0) is 10.2 Å². The van der Waals surface area contributed by atoms with Crippen molar-refractivity contribution in [3.63, 3.8) is 0 Å². The van der Waals surface area contributed by atoms with Crippen LogP contribution in [0.2, 0.25) is 0 Å². The van der Waals surface area contributed by atoms with Gasteiger partial charge in [-0.3, -0.25) is 0 Å². The van der Waals surface area contributed by atoms with Gasteiger partial charge in [-0.2, -0.15) is 17.0 Å². The Hall–Kier alpha value is -0.170. The van der Waals surface area contributed by atoms with E-state index in [4.69, 9.17) is 5.11 Å². The Morgan fingerprint density at radius 3 is 1.93 bits per heavy atom. The van der Waals surface area contributed by atoms with Crippen LogP contribution in [0.3, 0.4) is 0 Å². The first-order valence-corrected chi connectivity index (χ1v) is 6.94. The molecular weight excluding hydrogens is 216 g/mol. The Kier molecular flexibility index (Phi) is 3.30. The highest BCUT2D eigenvalue weighted by atomic mass is 32.2. The molecule has 1 N–H and O–H groups in total. The van der Waals surface area contributed by atoms with E-state index in [-0.39, 0.29) is 13.1 Å². The van der Waals surface area contributed by atoms with Gasteiger partial charge in [0.05, 0.1) is 6.10 Å². The first-order valence-electron chi connectivity index (χ1n) is 5.54. The minimum atomic E-state index is -3.27. The van der Waals surface area contributed by atoms with Crippen LogP contribution in [0.15, 0.2) is 0 Å². The molecule has 2 heterocycles. The van der Waals surface area contributed by atoms with Crippen molar-refractivity contribution in [3.05, 3.63) is 0 Å². The number of hydrogen-bond donors (Lipinski definition) is 1. The second kappa shape index (κ2) is 4.37. The average molecular weight is 234 g/mol. The normalized spacial score (nSPS) is 27.3. The molecule has 2 fully saturated rings. The summed E-state index contributed by atoms with van der Waals surface area (Å²) < 4.78 is 26.9. The van der Waals surface area contributed by atoms with Gasteiger partial charge in [-0.15, -0.1) is 0 Å². The van der Waals surface area contributed by atoms with Crippen LogP contribution in [0.5, 0.6) is 0 Å². The molecule has 0 bridgehead atoms. The van der Waals surface area contributed by atoms with Gasteiger partial charge in [0.1, 0.15) is 0 Å². The second-order valence-corrected chi connectivity index (χ2v) is 6.22. The van der Waals surface area contributed by atoms with Crippen LogP contribution >= 0.6 is 0 Å². The van der Waals surface area contributed by atoms with Crippen molar-refractivity contribution < 1.29 is 13.5 Å². The van der Waals surface area contributed by atoms with E-state index in [1.54, 1.807) is 4.31 Å². The third kappa shape index (κ3) is 2.33. The van der Waals surface area contributed by atoms with E-state index < -0.39 is 16.3 Å². The monoisotopic (exact) mass is 234 g/mol. The summed E-state index contributed by atoms with van der Waals surface area (Å²) >= 11 is 0. The van der Waals surface area contributed by atoms with E-state index in [1.807, 2.05) is 0 Å². The molecule has 2 aliphatic heterocycles. The predicted octanol–water partition coefficient (Wildman–Crippen LogP) is -0.216. The fourth-order valence-corrected chi connectivity index (χ4v) is 3.81. The predicted molar refractivity (Wildman–Crippen MR) is 56.5 cm³/mol. The van der Waals surface area contributed by atoms with Crippen molar-refractivity contribution in [2.24, 2.45) is 0 Å². The Balaban J connectivity index is 2.00. The molecule has 15 heavy (non-hydrogen) atoms. The summed E-state index contributed by atoms with van der Waals surface area (Å²) in [5, 5.41) is 9.11. The van der Waals surface area contributed by atoms with Gasteiger partial charge in [0.15, 0.2) is 0 Å². The van der Waals surface area contributed by atoms with Crippen molar-refractivity contribution in [2.75, 3.05) is 26.2 Å². The Morgan fingerprint density at radius 2 is 1.47 bits per heavy atom. The average Bonchev–Trinajstić information content (AvgIpc) is 2.41. The summed E-state index contributed by atoms with van der Waals surface area (Å²) in [6.45, 7) is 1.79. The highest BCUT2D eigenvalue weighted by Gasteiger charge is 2.38. The maximum absolute atomic E-state index is 12.0. The van der Waals surface area contributed by atoms with Gasteiger partial charge in [-0.1, -0.05) is 12.8 Å². The van der Waals surface area contributed by atoms with Crippen LogP contribution in [0.4, 0.5) is 0 Å². The number of rotatable bonds is 2. The minimum Gasteiger partial charge on any atom is -0.390 e. The van der Waals surface area contributed by atoms with Crippen molar-refractivity contribution in [3.8, 4) is 0 Å². The molecule has 2 saturated heterocycles. The lowest BCUT2D eigenvalue weighted by Crippen LogP contribution is -2.57. The third-order valence-corrected chi connectivity index (χ3v) is 5.01. The summed E-state index contributed by atoms with van der Waals surface area (Å²) in [5.74, 6) is 0. The molecule has 0 atom stereocenters. The molecule has 88 valence electrons. The van der Waals surface area contributed by atoms with E-state index in [0.717, 1.165) is 25.7 Å². The molecule has 2 rings (SSSR count). The lowest BCUT2D eigenvalue weighted by Gasteiger charge is -2.37. The Morgan fingerprint density at radius 1 is 0.933 bits per heavy atom. The lowest BCUT2D eigenvalue weighted by molar-refractivity contribution is 0.0506. The van der Waals surface area contributed by atoms with Crippen molar-refractivity contribution >= 4 is 10.2 Å². The zero-order valence-corrected chi connectivity index (χ0v) is 9.62.